The summed E-state index contributed by atoms with van der Waals surface area (Å²) in [5.41, 5.74) is 0. The lowest BCUT2D eigenvalue weighted by atomic mass is 10.2. The Morgan fingerprint density at radius 3 is 0.738 bits per heavy atom. The van der Waals surface area contributed by atoms with Crippen molar-refractivity contribution in [3.8, 4) is 167 Å². The van der Waals surface area contributed by atoms with Crippen molar-refractivity contribution in [3.05, 3.63) is 78.9 Å². The number of benzene rings is 7. The highest BCUT2D eigenvalue weighted by atomic mass is 16.5. The van der Waals surface area contributed by atoms with Gasteiger partial charge in [0, 0.05) is 78.9 Å². The number of rotatable bonds is 12. The molecule has 0 unspecified atom stereocenters. The zero-order valence-electron chi connectivity index (χ0n) is 32.1. The van der Waals surface area contributed by atoms with Crippen LogP contribution in [0.1, 0.15) is 0 Å². The zero-order valence-corrected chi connectivity index (χ0v) is 32.1. The molecular formula is C42H30O23. The van der Waals surface area contributed by atoms with Crippen LogP contribution in [0.5, 0.6) is 167 Å². The first-order valence-electron chi connectivity index (χ1n) is 17.8. The van der Waals surface area contributed by atoms with Gasteiger partial charge in [0.1, 0.15) is 34.5 Å². The maximum Gasteiger partial charge on any atom is 0.215 e. The minimum absolute atomic E-state index is 0.322. The first kappa shape index (κ1) is 43.0. The van der Waals surface area contributed by atoms with Crippen molar-refractivity contribution in [1.82, 2.24) is 0 Å². The fourth-order valence-corrected chi connectivity index (χ4v) is 5.75. The second-order valence-electron chi connectivity index (χ2n) is 13.3. The molecule has 0 spiro atoms. The summed E-state index contributed by atoms with van der Waals surface area (Å²) in [5.74, 6) is -21.2. The highest BCUT2D eigenvalue weighted by Crippen LogP contribution is 2.56. The molecule has 7 aromatic rings. The van der Waals surface area contributed by atoms with E-state index in [0.29, 0.717) is 6.07 Å². The van der Waals surface area contributed by atoms with E-state index in [9.17, 15) is 86.8 Å². The number of phenols is 17. The third-order valence-corrected chi connectivity index (χ3v) is 8.66. The predicted molar refractivity (Wildman–Crippen MR) is 214 cm³/mol. The van der Waals surface area contributed by atoms with Crippen molar-refractivity contribution in [2.45, 2.75) is 0 Å². The van der Waals surface area contributed by atoms with E-state index in [1.54, 1.807) is 0 Å². The third-order valence-electron chi connectivity index (χ3n) is 8.66. The first-order chi connectivity index (χ1) is 30.7. The number of ether oxygens (including phenoxy) is 6. The van der Waals surface area contributed by atoms with Gasteiger partial charge in [-0.1, -0.05) is 0 Å². The lowest BCUT2D eigenvalue weighted by Gasteiger charge is -2.18. The molecule has 0 heterocycles. The molecule has 17 N–H and O–H groups in total. The Balaban J connectivity index is 1.10. The standard InChI is InChI=1S/C42H30O23/c43-14-1-23(47)37(24(48)2-14)61-16-5-27(51)39(28(52)6-16)63-18-9-31(55)41(32(56)10-18)65-33-13-22(46)35(58)36(59)42(33)64-19-11-29(53)40(30(54)12-19)62-17-7-25(49)38(26(50)8-17)60-15-3-20(44)34(57)21(45)4-15/h1-13,43-59H. The van der Waals surface area contributed by atoms with E-state index in [0.717, 1.165) is 72.8 Å². The van der Waals surface area contributed by atoms with E-state index in [-0.39, 0.29) is 11.5 Å². The van der Waals surface area contributed by atoms with E-state index < -0.39 is 155 Å². The zero-order chi connectivity index (χ0) is 47.2. The molecular weight excluding hydrogens is 872 g/mol. The topological polar surface area (TPSA) is 399 Å². The molecule has 7 aromatic carbocycles. The lowest BCUT2D eigenvalue weighted by Crippen LogP contribution is -1.94. The molecule has 0 amide bonds. The molecule has 336 valence electrons. The molecule has 0 saturated heterocycles. The van der Waals surface area contributed by atoms with Crippen LogP contribution in [0.4, 0.5) is 0 Å². The Morgan fingerprint density at radius 1 is 0.200 bits per heavy atom. The molecule has 0 saturated carbocycles. The number of hydrogen-bond acceptors (Lipinski definition) is 23. The smallest absolute Gasteiger partial charge is 0.215 e. The quantitative estimate of drug-likeness (QED) is 0.0529. The SMILES string of the molecule is Oc1cc(O)c(Oc2cc(O)c(Oc3cc(O)c(Oc4cc(O)c(O)c(O)c4Oc4cc(O)c(Oc5cc(O)c(Oc6cc(O)c(O)c(O)c6)c(O)c5)c(O)c4)c(O)c3)c(O)c2)c(O)c1. The number of aromatic hydroxyl groups is 17. The lowest BCUT2D eigenvalue weighted by molar-refractivity contribution is 0.323. The molecule has 0 aliphatic carbocycles. The molecule has 0 aliphatic rings. The molecule has 0 fully saturated rings. The van der Waals surface area contributed by atoms with Crippen LogP contribution in [-0.4, -0.2) is 86.8 Å². The summed E-state index contributed by atoms with van der Waals surface area (Å²) in [6, 6.07) is 10.8. The molecule has 65 heavy (non-hydrogen) atoms. The Morgan fingerprint density at radius 2 is 0.431 bits per heavy atom. The van der Waals surface area contributed by atoms with Gasteiger partial charge in [0.25, 0.3) is 0 Å². The Bertz CT molecular complexity index is 2900. The average Bonchev–Trinajstić information content (AvgIpc) is 3.21. The van der Waals surface area contributed by atoms with Gasteiger partial charge < -0.3 is 115 Å². The summed E-state index contributed by atoms with van der Waals surface area (Å²) in [4.78, 5) is 0. The van der Waals surface area contributed by atoms with Crippen molar-refractivity contribution in [3.63, 3.8) is 0 Å². The molecule has 7 rings (SSSR count). The molecule has 0 aliphatic heterocycles. The van der Waals surface area contributed by atoms with Crippen LogP contribution in [0.25, 0.3) is 0 Å². The van der Waals surface area contributed by atoms with Crippen molar-refractivity contribution < 1.29 is 115 Å². The van der Waals surface area contributed by atoms with E-state index in [2.05, 4.69) is 0 Å². The summed E-state index contributed by atoms with van der Waals surface area (Å²) < 4.78 is 32.6. The average molecular weight is 903 g/mol. The Hall–Kier alpha value is -10.1. The second-order valence-corrected chi connectivity index (χ2v) is 13.3. The van der Waals surface area contributed by atoms with Crippen LogP contribution >= 0.6 is 0 Å². The molecule has 0 radical (unpaired) electrons. The van der Waals surface area contributed by atoms with Gasteiger partial charge in [0.15, 0.2) is 80.5 Å². The summed E-state index contributed by atoms with van der Waals surface area (Å²) in [7, 11) is 0. The fraction of sp³-hybridized carbons (Fsp3) is 0. The van der Waals surface area contributed by atoms with Crippen molar-refractivity contribution in [2.24, 2.45) is 0 Å². The van der Waals surface area contributed by atoms with Crippen LogP contribution < -0.4 is 28.4 Å². The molecule has 0 bridgehead atoms. The summed E-state index contributed by atoms with van der Waals surface area (Å²) >= 11 is 0. The van der Waals surface area contributed by atoms with Crippen LogP contribution in [0.15, 0.2) is 78.9 Å². The van der Waals surface area contributed by atoms with E-state index >= 15 is 0 Å². The maximum atomic E-state index is 10.8. The van der Waals surface area contributed by atoms with Crippen molar-refractivity contribution in [1.29, 1.82) is 0 Å². The minimum Gasteiger partial charge on any atom is -0.508 e. The largest absolute Gasteiger partial charge is 0.508 e. The van der Waals surface area contributed by atoms with Gasteiger partial charge in [0.2, 0.25) is 51.7 Å². The van der Waals surface area contributed by atoms with Crippen LogP contribution in [0, 0.1) is 0 Å². The summed E-state index contributed by atoms with van der Waals surface area (Å²) in [6.07, 6.45) is 0. The van der Waals surface area contributed by atoms with Gasteiger partial charge in [0.05, 0.1) is 0 Å². The fourth-order valence-electron chi connectivity index (χ4n) is 5.75. The molecule has 0 atom stereocenters. The second kappa shape index (κ2) is 16.4. The normalized spacial score (nSPS) is 10.9. The van der Waals surface area contributed by atoms with Gasteiger partial charge in [-0.05, 0) is 0 Å². The van der Waals surface area contributed by atoms with Gasteiger partial charge in [-0.2, -0.15) is 0 Å². The maximum absolute atomic E-state index is 10.8. The third kappa shape index (κ3) is 8.62. The van der Waals surface area contributed by atoms with Gasteiger partial charge in [-0.25, -0.2) is 0 Å². The van der Waals surface area contributed by atoms with Crippen molar-refractivity contribution in [2.75, 3.05) is 0 Å². The van der Waals surface area contributed by atoms with E-state index in [1.807, 2.05) is 0 Å². The molecule has 23 heteroatoms. The van der Waals surface area contributed by atoms with Gasteiger partial charge in [-0.3, -0.25) is 0 Å². The van der Waals surface area contributed by atoms with Gasteiger partial charge >= 0.3 is 0 Å². The van der Waals surface area contributed by atoms with E-state index in [1.165, 1.54) is 0 Å². The number of phenolic OH excluding ortho intramolecular Hbond substituents is 17. The van der Waals surface area contributed by atoms with Gasteiger partial charge in [-0.15, -0.1) is 0 Å². The summed E-state index contributed by atoms with van der Waals surface area (Å²) in [6.45, 7) is 0. The summed E-state index contributed by atoms with van der Waals surface area (Å²) in [5, 5.41) is 175. The highest BCUT2D eigenvalue weighted by molar-refractivity contribution is 5.68. The Labute approximate surface area is 360 Å². The highest BCUT2D eigenvalue weighted by Gasteiger charge is 2.26. The van der Waals surface area contributed by atoms with E-state index in [4.69, 9.17) is 28.4 Å². The number of hydrogen-bond donors (Lipinski definition) is 17. The first-order valence-corrected chi connectivity index (χ1v) is 17.8. The van der Waals surface area contributed by atoms with Crippen molar-refractivity contribution >= 4 is 0 Å². The Kier molecular flexibility index (Phi) is 10.9. The van der Waals surface area contributed by atoms with Crippen LogP contribution in [0.2, 0.25) is 0 Å². The molecule has 0 aromatic heterocycles. The van der Waals surface area contributed by atoms with Crippen LogP contribution in [0.3, 0.4) is 0 Å². The predicted octanol–water partition coefficient (Wildman–Crippen LogP) is 7.44. The van der Waals surface area contributed by atoms with Crippen LogP contribution in [-0.2, 0) is 0 Å². The molecule has 23 nitrogen and oxygen atoms in total. The minimum atomic E-state index is -1.20. The monoisotopic (exact) mass is 902 g/mol.